The van der Waals surface area contributed by atoms with Gasteiger partial charge in [0.1, 0.15) is 0 Å². The summed E-state index contributed by atoms with van der Waals surface area (Å²) in [5.74, 6) is 0.226. The van der Waals surface area contributed by atoms with Crippen molar-refractivity contribution in [2.75, 3.05) is 20.6 Å². The maximum absolute atomic E-state index is 11.2. The van der Waals surface area contributed by atoms with Gasteiger partial charge >= 0.3 is 0 Å². The van der Waals surface area contributed by atoms with Crippen molar-refractivity contribution >= 4 is 5.91 Å². The van der Waals surface area contributed by atoms with Crippen LogP contribution >= 0.6 is 0 Å². The number of amides is 1. The fourth-order valence-corrected chi connectivity index (χ4v) is 1.32. The van der Waals surface area contributed by atoms with Gasteiger partial charge in [0.25, 0.3) is 0 Å². The smallest absolute Gasteiger partial charge is 0.223 e. The van der Waals surface area contributed by atoms with E-state index in [1.54, 1.807) is 19.0 Å². The highest BCUT2D eigenvalue weighted by Crippen LogP contribution is 2.09. The predicted octanol–water partition coefficient (Wildman–Crippen LogP) is 0.217. The summed E-state index contributed by atoms with van der Waals surface area (Å²) < 4.78 is 0. The quantitative estimate of drug-likeness (QED) is 0.620. The van der Waals surface area contributed by atoms with E-state index in [0.29, 0.717) is 12.5 Å². The first-order valence-electron chi connectivity index (χ1n) is 4.13. The van der Waals surface area contributed by atoms with E-state index >= 15 is 0 Å². The highest BCUT2D eigenvalue weighted by molar-refractivity contribution is 5.76. The third-order valence-electron chi connectivity index (χ3n) is 2.08. The summed E-state index contributed by atoms with van der Waals surface area (Å²) in [6.07, 6.45) is 3.03. The van der Waals surface area contributed by atoms with Crippen molar-refractivity contribution in [1.29, 1.82) is 0 Å². The van der Waals surface area contributed by atoms with Crippen LogP contribution < -0.4 is 5.32 Å². The summed E-state index contributed by atoms with van der Waals surface area (Å²) in [5, 5.41) is 3.29. The predicted molar refractivity (Wildman–Crippen MR) is 44.3 cm³/mol. The molecule has 1 rings (SSSR count). The standard InChI is InChI=1S/C8H16N2O/c1-10(2)8(11)6-7-4-3-5-9-7/h7,9H,3-6H2,1-2H3. The molecule has 1 fully saturated rings. The number of carbonyl (C=O) groups excluding carboxylic acids is 1. The molecule has 3 nitrogen and oxygen atoms in total. The van der Waals surface area contributed by atoms with Gasteiger partial charge < -0.3 is 10.2 Å². The van der Waals surface area contributed by atoms with Crippen molar-refractivity contribution in [1.82, 2.24) is 10.2 Å². The molecular formula is C8H16N2O. The molecule has 1 aliphatic rings. The Morgan fingerprint density at radius 3 is 2.82 bits per heavy atom. The Bertz CT molecular complexity index is 139. The molecule has 0 aromatic heterocycles. The van der Waals surface area contributed by atoms with Gasteiger partial charge in [0.2, 0.25) is 5.91 Å². The molecular weight excluding hydrogens is 140 g/mol. The molecule has 0 bridgehead atoms. The normalized spacial score (nSPS) is 23.6. The van der Waals surface area contributed by atoms with Crippen molar-refractivity contribution < 1.29 is 4.79 Å². The van der Waals surface area contributed by atoms with Crippen LogP contribution in [-0.4, -0.2) is 37.5 Å². The lowest BCUT2D eigenvalue weighted by atomic mass is 10.1. The first-order chi connectivity index (χ1) is 5.20. The Morgan fingerprint density at radius 1 is 1.64 bits per heavy atom. The van der Waals surface area contributed by atoms with Crippen LogP contribution in [0, 0.1) is 0 Å². The van der Waals surface area contributed by atoms with Crippen LogP contribution in [0.25, 0.3) is 0 Å². The number of rotatable bonds is 2. The lowest BCUT2D eigenvalue weighted by Crippen LogP contribution is -2.31. The van der Waals surface area contributed by atoms with Crippen LogP contribution in [-0.2, 0) is 4.79 Å². The molecule has 0 saturated carbocycles. The van der Waals surface area contributed by atoms with Gasteiger partial charge in [0.05, 0.1) is 0 Å². The van der Waals surface area contributed by atoms with E-state index in [1.165, 1.54) is 6.42 Å². The molecule has 1 saturated heterocycles. The van der Waals surface area contributed by atoms with Crippen LogP contribution in [0.5, 0.6) is 0 Å². The Labute approximate surface area is 67.8 Å². The highest BCUT2D eigenvalue weighted by Gasteiger charge is 2.17. The Balaban J connectivity index is 2.24. The van der Waals surface area contributed by atoms with Gasteiger partial charge in [-0.05, 0) is 19.4 Å². The maximum Gasteiger partial charge on any atom is 0.223 e. The first-order valence-corrected chi connectivity index (χ1v) is 4.13. The largest absolute Gasteiger partial charge is 0.349 e. The van der Waals surface area contributed by atoms with Crippen LogP contribution in [0.4, 0.5) is 0 Å². The molecule has 0 aromatic carbocycles. The van der Waals surface area contributed by atoms with Gasteiger partial charge in [0.15, 0.2) is 0 Å². The molecule has 1 N–H and O–H groups in total. The van der Waals surface area contributed by atoms with Crippen LogP contribution in [0.2, 0.25) is 0 Å². The van der Waals surface area contributed by atoms with Crippen molar-refractivity contribution in [3.05, 3.63) is 0 Å². The molecule has 64 valence electrons. The fourth-order valence-electron chi connectivity index (χ4n) is 1.32. The van der Waals surface area contributed by atoms with Gasteiger partial charge in [-0.1, -0.05) is 0 Å². The van der Waals surface area contributed by atoms with Crippen LogP contribution in [0.15, 0.2) is 0 Å². The number of hydrogen-bond donors (Lipinski definition) is 1. The molecule has 1 amide bonds. The van der Waals surface area contributed by atoms with Crippen molar-refractivity contribution in [2.45, 2.75) is 25.3 Å². The molecule has 11 heavy (non-hydrogen) atoms. The Hall–Kier alpha value is -0.570. The number of nitrogens with zero attached hydrogens (tertiary/aromatic N) is 1. The van der Waals surface area contributed by atoms with Crippen molar-refractivity contribution in [3.8, 4) is 0 Å². The van der Waals surface area contributed by atoms with Gasteiger partial charge in [-0.25, -0.2) is 0 Å². The summed E-state index contributed by atoms with van der Waals surface area (Å²) in [6.45, 7) is 1.07. The second-order valence-corrected chi connectivity index (χ2v) is 3.29. The zero-order chi connectivity index (χ0) is 8.27. The van der Waals surface area contributed by atoms with Crippen LogP contribution in [0.3, 0.4) is 0 Å². The average Bonchev–Trinajstić information content (AvgIpc) is 2.39. The molecule has 1 aliphatic heterocycles. The lowest BCUT2D eigenvalue weighted by Gasteiger charge is -2.13. The molecule has 3 heteroatoms. The van der Waals surface area contributed by atoms with Gasteiger partial charge in [-0.15, -0.1) is 0 Å². The van der Waals surface area contributed by atoms with Crippen molar-refractivity contribution in [3.63, 3.8) is 0 Å². The molecule has 0 aromatic rings. The second-order valence-electron chi connectivity index (χ2n) is 3.29. The Morgan fingerprint density at radius 2 is 2.36 bits per heavy atom. The third-order valence-corrected chi connectivity index (χ3v) is 2.08. The monoisotopic (exact) mass is 156 g/mol. The van der Waals surface area contributed by atoms with E-state index in [9.17, 15) is 4.79 Å². The number of carbonyl (C=O) groups is 1. The molecule has 1 heterocycles. The van der Waals surface area contributed by atoms with E-state index < -0.39 is 0 Å². The van der Waals surface area contributed by atoms with E-state index in [0.717, 1.165) is 13.0 Å². The molecule has 1 unspecified atom stereocenters. The van der Waals surface area contributed by atoms with Gasteiger partial charge in [-0.2, -0.15) is 0 Å². The van der Waals surface area contributed by atoms with Crippen molar-refractivity contribution in [2.24, 2.45) is 0 Å². The minimum absolute atomic E-state index is 0.226. The first kappa shape index (κ1) is 8.53. The topological polar surface area (TPSA) is 32.3 Å². The van der Waals surface area contributed by atoms with E-state index in [-0.39, 0.29) is 5.91 Å². The van der Waals surface area contributed by atoms with Crippen LogP contribution in [0.1, 0.15) is 19.3 Å². The Kier molecular flexibility index (Phi) is 2.88. The number of hydrogen-bond acceptors (Lipinski definition) is 2. The van der Waals surface area contributed by atoms with E-state index in [4.69, 9.17) is 0 Å². The minimum Gasteiger partial charge on any atom is -0.349 e. The lowest BCUT2D eigenvalue weighted by molar-refractivity contribution is -0.129. The van der Waals surface area contributed by atoms with E-state index in [2.05, 4.69) is 5.32 Å². The summed E-state index contributed by atoms with van der Waals surface area (Å²) in [6, 6.07) is 0.435. The zero-order valence-corrected chi connectivity index (χ0v) is 7.26. The minimum atomic E-state index is 0.226. The molecule has 0 radical (unpaired) electrons. The summed E-state index contributed by atoms with van der Waals surface area (Å²) in [7, 11) is 3.61. The van der Waals surface area contributed by atoms with E-state index in [1.807, 2.05) is 0 Å². The average molecular weight is 156 g/mol. The highest BCUT2D eigenvalue weighted by atomic mass is 16.2. The molecule has 1 atom stereocenters. The summed E-state index contributed by atoms with van der Waals surface area (Å²) in [5.41, 5.74) is 0. The third kappa shape index (κ3) is 2.50. The summed E-state index contributed by atoms with van der Waals surface area (Å²) >= 11 is 0. The summed E-state index contributed by atoms with van der Waals surface area (Å²) in [4.78, 5) is 12.8. The number of nitrogens with one attached hydrogen (secondary N) is 1. The molecule has 0 spiro atoms. The zero-order valence-electron chi connectivity index (χ0n) is 7.26. The van der Waals surface area contributed by atoms with Gasteiger partial charge in [-0.3, -0.25) is 4.79 Å². The van der Waals surface area contributed by atoms with Gasteiger partial charge in [0, 0.05) is 26.6 Å². The fraction of sp³-hybridized carbons (Fsp3) is 0.875. The molecule has 0 aliphatic carbocycles. The maximum atomic E-state index is 11.2. The SMILES string of the molecule is CN(C)C(=O)CC1CCCN1. The second kappa shape index (κ2) is 3.72.